The third-order valence-electron chi connectivity index (χ3n) is 4.58. The van der Waals surface area contributed by atoms with Crippen LogP contribution in [0.4, 0.5) is 17.5 Å². The maximum absolute atomic E-state index is 5.82. The Morgan fingerprint density at radius 3 is 2.96 bits per heavy atom. The first-order chi connectivity index (χ1) is 11.7. The number of fused-ring (bicyclic) bond motifs is 1. The van der Waals surface area contributed by atoms with Gasteiger partial charge < -0.3 is 20.5 Å². The fraction of sp³-hybridized carbons (Fsp3) is 0.353. The molecule has 0 radical (unpaired) electrons. The molecule has 0 spiro atoms. The minimum atomic E-state index is 0.258. The van der Waals surface area contributed by atoms with E-state index in [4.69, 9.17) is 5.73 Å². The molecule has 0 bridgehead atoms. The summed E-state index contributed by atoms with van der Waals surface area (Å²) in [4.78, 5) is 20.4. The fourth-order valence-corrected chi connectivity index (χ4v) is 3.44. The average molecular weight is 323 g/mol. The van der Waals surface area contributed by atoms with E-state index < -0.39 is 0 Å². The molecule has 1 aliphatic heterocycles. The third kappa shape index (κ3) is 2.73. The number of anilines is 3. The first-order valence-corrected chi connectivity index (χ1v) is 8.18. The topological polar surface area (TPSA) is 87.0 Å². The molecular formula is C17H21N7. The van der Waals surface area contributed by atoms with E-state index in [-0.39, 0.29) is 5.95 Å². The molecule has 1 fully saturated rings. The van der Waals surface area contributed by atoms with Gasteiger partial charge in [-0.05, 0) is 24.5 Å². The van der Waals surface area contributed by atoms with Gasteiger partial charge in [0.25, 0.3) is 0 Å². The number of aromatic nitrogens is 4. The van der Waals surface area contributed by atoms with Crippen LogP contribution in [0.3, 0.4) is 0 Å². The van der Waals surface area contributed by atoms with Crippen molar-refractivity contribution in [1.29, 1.82) is 0 Å². The van der Waals surface area contributed by atoms with Crippen molar-refractivity contribution in [2.45, 2.75) is 6.42 Å². The van der Waals surface area contributed by atoms with Gasteiger partial charge in [-0.1, -0.05) is 18.2 Å². The number of nitrogens with zero attached hydrogens (tertiary/aromatic N) is 5. The lowest BCUT2D eigenvalue weighted by atomic mass is 10.1. The molecule has 1 aliphatic rings. The van der Waals surface area contributed by atoms with Gasteiger partial charge >= 0.3 is 0 Å². The van der Waals surface area contributed by atoms with Crippen LogP contribution in [0.1, 0.15) is 6.42 Å². The lowest BCUT2D eigenvalue weighted by Gasteiger charge is -2.23. The Morgan fingerprint density at radius 2 is 2.12 bits per heavy atom. The highest BCUT2D eigenvalue weighted by Gasteiger charge is 2.25. The maximum Gasteiger partial charge on any atom is 0.224 e. The van der Waals surface area contributed by atoms with Crippen molar-refractivity contribution in [2.75, 3.05) is 42.2 Å². The quantitative estimate of drug-likeness (QED) is 0.762. The highest BCUT2D eigenvalue weighted by atomic mass is 15.2. The van der Waals surface area contributed by atoms with E-state index in [0.717, 1.165) is 31.0 Å². The molecular weight excluding hydrogens is 302 g/mol. The van der Waals surface area contributed by atoms with Gasteiger partial charge in [-0.15, -0.1) is 0 Å². The van der Waals surface area contributed by atoms with E-state index in [1.54, 1.807) is 6.33 Å². The Labute approximate surface area is 140 Å². The predicted octanol–water partition coefficient (Wildman–Crippen LogP) is 1.90. The SMILES string of the molecule is CN(CC1CCN(c2ccccc2)C1)c1nc(N)nc2nc[nH]c12. The van der Waals surface area contributed by atoms with Crippen molar-refractivity contribution in [3.05, 3.63) is 36.7 Å². The van der Waals surface area contributed by atoms with E-state index in [1.807, 2.05) is 7.05 Å². The lowest BCUT2D eigenvalue weighted by molar-refractivity contribution is 0.582. The average Bonchev–Trinajstić information content (AvgIpc) is 3.24. The van der Waals surface area contributed by atoms with E-state index in [0.29, 0.717) is 11.6 Å². The first-order valence-electron chi connectivity index (χ1n) is 8.18. The van der Waals surface area contributed by atoms with Gasteiger partial charge in [0.05, 0.1) is 6.33 Å². The summed E-state index contributed by atoms with van der Waals surface area (Å²) in [5.74, 6) is 1.66. The number of rotatable bonds is 4. The Bertz CT molecular complexity index is 829. The van der Waals surface area contributed by atoms with Gasteiger partial charge in [0.2, 0.25) is 5.95 Å². The molecule has 4 rings (SSSR count). The zero-order valence-electron chi connectivity index (χ0n) is 13.7. The van der Waals surface area contributed by atoms with Crippen LogP contribution < -0.4 is 15.5 Å². The van der Waals surface area contributed by atoms with Crippen LogP contribution in [-0.4, -0.2) is 46.6 Å². The zero-order valence-corrected chi connectivity index (χ0v) is 13.7. The minimum Gasteiger partial charge on any atom is -0.371 e. The Hall–Kier alpha value is -2.83. The van der Waals surface area contributed by atoms with Gasteiger partial charge in [-0.2, -0.15) is 9.97 Å². The van der Waals surface area contributed by atoms with Crippen LogP contribution in [0.15, 0.2) is 36.7 Å². The van der Waals surface area contributed by atoms with Gasteiger partial charge in [0, 0.05) is 32.4 Å². The molecule has 3 heterocycles. The molecule has 1 unspecified atom stereocenters. The second-order valence-electron chi connectivity index (χ2n) is 6.32. The fourth-order valence-electron chi connectivity index (χ4n) is 3.44. The Balaban J connectivity index is 1.48. The van der Waals surface area contributed by atoms with Crippen LogP contribution in [0, 0.1) is 5.92 Å². The molecule has 0 saturated carbocycles. The van der Waals surface area contributed by atoms with Crippen LogP contribution in [0.25, 0.3) is 11.2 Å². The van der Waals surface area contributed by atoms with Crippen LogP contribution >= 0.6 is 0 Å². The van der Waals surface area contributed by atoms with Crippen molar-refractivity contribution in [3.63, 3.8) is 0 Å². The number of hydrogen-bond acceptors (Lipinski definition) is 6. The smallest absolute Gasteiger partial charge is 0.224 e. The van der Waals surface area contributed by atoms with Crippen molar-refractivity contribution >= 4 is 28.6 Å². The molecule has 1 atom stereocenters. The highest BCUT2D eigenvalue weighted by Crippen LogP contribution is 2.26. The summed E-state index contributed by atoms with van der Waals surface area (Å²) in [5.41, 5.74) is 8.56. The standard InChI is InChI=1S/C17H21N7/c1-23(16-14-15(20-11-19-14)21-17(18)22-16)9-12-7-8-24(10-12)13-5-3-2-4-6-13/h2-6,11-12H,7-10H2,1H3,(H3,18,19,20,21,22). The normalized spacial score (nSPS) is 17.5. The number of para-hydroxylation sites is 1. The number of H-pyrrole nitrogens is 1. The molecule has 3 aromatic rings. The number of aromatic amines is 1. The van der Waals surface area contributed by atoms with Gasteiger partial charge in [-0.25, -0.2) is 4.98 Å². The van der Waals surface area contributed by atoms with Crippen molar-refractivity contribution in [2.24, 2.45) is 5.92 Å². The Kier molecular flexibility index (Phi) is 3.68. The number of nitrogen functional groups attached to an aromatic ring is 1. The summed E-state index contributed by atoms with van der Waals surface area (Å²) in [6.45, 7) is 3.07. The van der Waals surface area contributed by atoms with Gasteiger partial charge in [0.15, 0.2) is 11.5 Å². The van der Waals surface area contributed by atoms with Crippen molar-refractivity contribution in [1.82, 2.24) is 19.9 Å². The molecule has 1 saturated heterocycles. The summed E-state index contributed by atoms with van der Waals surface area (Å²) in [6, 6.07) is 10.6. The van der Waals surface area contributed by atoms with Crippen LogP contribution in [0.5, 0.6) is 0 Å². The number of imidazole rings is 1. The van der Waals surface area contributed by atoms with Gasteiger partial charge in [-0.3, -0.25) is 0 Å². The Morgan fingerprint density at radius 1 is 1.29 bits per heavy atom. The molecule has 2 aromatic heterocycles. The summed E-state index contributed by atoms with van der Waals surface area (Å²) >= 11 is 0. The third-order valence-corrected chi connectivity index (χ3v) is 4.58. The summed E-state index contributed by atoms with van der Waals surface area (Å²) in [5, 5.41) is 0. The van der Waals surface area contributed by atoms with Crippen LogP contribution in [-0.2, 0) is 0 Å². The lowest BCUT2D eigenvalue weighted by Crippen LogP contribution is -2.29. The van der Waals surface area contributed by atoms with E-state index in [2.05, 4.69) is 60.1 Å². The molecule has 7 nitrogen and oxygen atoms in total. The molecule has 1 aromatic carbocycles. The van der Waals surface area contributed by atoms with Crippen molar-refractivity contribution < 1.29 is 0 Å². The first kappa shape index (κ1) is 14.7. The van der Waals surface area contributed by atoms with E-state index in [9.17, 15) is 0 Å². The van der Waals surface area contributed by atoms with Crippen molar-refractivity contribution in [3.8, 4) is 0 Å². The number of nitrogens with one attached hydrogen (secondary N) is 1. The number of benzene rings is 1. The van der Waals surface area contributed by atoms with Gasteiger partial charge in [0.1, 0.15) is 5.52 Å². The van der Waals surface area contributed by atoms with E-state index in [1.165, 1.54) is 12.1 Å². The summed E-state index contributed by atoms with van der Waals surface area (Å²) in [7, 11) is 2.05. The largest absolute Gasteiger partial charge is 0.371 e. The molecule has 124 valence electrons. The van der Waals surface area contributed by atoms with Crippen LogP contribution in [0.2, 0.25) is 0 Å². The molecule has 24 heavy (non-hydrogen) atoms. The highest BCUT2D eigenvalue weighted by molar-refractivity contribution is 5.84. The minimum absolute atomic E-state index is 0.258. The number of nitrogens with two attached hydrogens (primary N) is 1. The number of hydrogen-bond donors (Lipinski definition) is 2. The second kappa shape index (κ2) is 5.99. The predicted molar refractivity (Wildman–Crippen MR) is 96.1 cm³/mol. The molecule has 0 amide bonds. The zero-order chi connectivity index (χ0) is 16.5. The molecule has 0 aliphatic carbocycles. The summed E-state index contributed by atoms with van der Waals surface area (Å²) in [6.07, 6.45) is 2.80. The summed E-state index contributed by atoms with van der Waals surface area (Å²) < 4.78 is 0. The monoisotopic (exact) mass is 323 g/mol. The maximum atomic E-state index is 5.82. The second-order valence-corrected chi connectivity index (χ2v) is 6.32. The van der Waals surface area contributed by atoms with E-state index >= 15 is 0 Å². The molecule has 3 N–H and O–H groups in total. The molecule has 7 heteroatoms.